The van der Waals surface area contributed by atoms with E-state index in [-0.39, 0.29) is 11.7 Å². The fourth-order valence-corrected chi connectivity index (χ4v) is 1.75. The minimum Gasteiger partial charge on any atom is -0.372 e. The summed E-state index contributed by atoms with van der Waals surface area (Å²) >= 11 is 1.93. The third-order valence-corrected chi connectivity index (χ3v) is 2.64. The topological polar surface area (TPSA) is 55.2 Å². The van der Waals surface area contributed by atoms with Gasteiger partial charge in [-0.3, -0.25) is 10.1 Å². The Kier molecular flexibility index (Phi) is 3.91. The summed E-state index contributed by atoms with van der Waals surface area (Å²) in [5.41, 5.74) is 0.893. The molecule has 5 heteroatoms. The van der Waals surface area contributed by atoms with Crippen molar-refractivity contribution in [2.75, 3.05) is 5.32 Å². The Balaban J connectivity index is 2.93. The number of terminal acetylenes is 1. The van der Waals surface area contributed by atoms with Gasteiger partial charge in [0.05, 0.1) is 14.5 Å². The van der Waals surface area contributed by atoms with Crippen molar-refractivity contribution in [1.82, 2.24) is 0 Å². The summed E-state index contributed by atoms with van der Waals surface area (Å²) < 4.78 is 0.590. The van der Waals surface area contributed by atoms with Crippen LogP contribution in [-0.4, -0.2) is 11.0 Å². The summed E-state index contributed by atoms with van der Waals surface area (Å²) in [4.78, 5) is 10.2. The van der Waals surface area contributed by atoms with Crippen LogP contribution in [0.4, 0.5) is 11.4 Å². The van der Waals surface area contributed by atoms with Gasteiger partial charge in [0.15, 0.2) is 0 Å². The van der Waals surface area contributed by atoms with Gasteiger partial charge in [0.1, 0.15) is 0 Å². The van der Waals surface area contributed by atoms with E-state index < -0.39 is 4.92 Å². The van der Waals surface area contributed by atoms with E-state index in [1.807, 2.05) is 29.5 Å². The maximum absolute atomic E-state index is 10.6. The lowest BCUT2D eigenvalue weighted by Gasteiger charge is -2.09. The molecule has 0 saturated carbocycles. The summed E-state index contributed by atoms with van der Waals surface area (Å²) in [5, 5.41) is 13.6. The van der Waals surface area contributed by atoms with Crippen molar-refractivity contribution in [3.05, 3.63) is 31.9 Å². The zero-order chi connectivity index (χ0) is 11.4. The zero-order valence-corrected chi connectivity index (χ0v) is 10.2. The Hall–Kier alpha value is -1.29. The molecule has 78 valence electrons. The van der Waals surface area contributed by atoms with Crippen LogP contribution in [0.15, 0.2) is 18.2 Å². The second kappa shape index (κ2) is 4.98. The molecule has 0 bridgehead atoms. The molecule has 1 unspecified atom stereocenters. The van der Waals surface area contributed by atoms with E-state index in [9.17, 15) is 10.1 Å². The first kappa shape index (κ1) is 11.8. The van der Waals surface area contributed by atoms with Crippen LogP contribution in [0.2, 0.25) is 0 Å². The van der Waals surface area contributed by atoms with Gasteiger partial charge in [-0.25, -0.2) is 0 Å². The number of nitrogens with one attached hydrogen (secondary N) is 1. The van der Waals surface area contributed by atoms with Crippen molar-refractivity contribution in [2.45, 2.75) is 13.0 Å². The third-order valence-electron chi connectivity index (χ3n) is 1.78. The van der Waals surface area contributed by atoms with Crippen LogP contribution in [0.25, 0.3) is 0 Å². The molecule has 1 atom stereocenters. The Morgan fingerprint density at radius 2 is 2.33 bits per heavy atom. The van der Waals surface area contributed by atoms with Crippen molar-refractivity contribution in [1.29, 1.82) is 0 Å². The minimum absolute atomic E-state index is 0.0951. The highest BCUT2D eigenvalue weighted by atomic mass is 127. The molecule has 0 fully saturated rings. The monoisotopic (exact) mass is 316 g/mol. The standard InChI is InChI=1S/C10H9IN2O2/c1-3-7(2)12-8-4-5-10(13(14)15)9(11)6-8/h1,4-7,12H,2H3. The van der Waals surface area contributed by atoms with Gasteiger partial charge < -0.3 is 5.32 Å². The zero-order valence-electron chi connectivity index (χ0n) is 8.03. The van der Waals surface area contributed by atoms with E-state index in [0.717, 1.165) is 5.69 Å². The molecule has 0 aliphatic carbocycles. The second-order valence-corrected chi connectivity index (χ2v) is 4.12. The summed E-state index contributed by atoms with van der Waals surface area (Å²) in [7, 11) is 0. The van der Waals surface area contributed by atoms with Gasteiger partial charge in [-0.1, -0.05) is 5.92 Å². The number of halogens is 1. The molecule has 4 nitrogen and oxygen atoms in total. The molecule has 15 heavy (non-hydrogen) atoms. The maximum atomic E-state index is 10.6. The fourth-order valence-electron chi connectivity index (χ4n) is 1.04. The van der Waals surface area contributed by atoms with Crippen LogP contribution in [0.1, 0.15) is 6.92 Å². The number of anilines is 1. The molecule has 0 aliphatic heterocycles. The number of hydrogen-bond donors (Lipinski definition) is 1. The van der Waals surface area contributed by atoms with E-state index in [1.54, 1.807) is 12.1 Å². The first-order valence-corrected chi connectivity index (χ1v) is 5.29. The smallest absolute Gasteiger partial charge is 0.282 e. The van der Waals surface area contributed by atoms with Gasteiger partial charge in [-0.15, -0.1) is 6.42 Å². The first-order chi connectivity index (χ1) is 7.04. The number of benzene rings is 1. The number of nitro groups is 1. The van der Waals surface area contributed by atoms with E-state index in [4.69, 9.17) is 6.42 Å². The van der Waals surface area contributed by atoms with Gasteiger partial charge in [0, 0.05) is 11.8 Å². The summed E-state index contributed by atoms with van der Waals surface area (Å²) in [6, 6.07) is 4.72. The molecule has 0 saturated heterocycles. The third kappa shape index (κ3) is 3.09. The molecule has 0 heterocycles. The van der Waals surface area contributed by atoms with Crippen molar-refractivity contribution < 1.29 is 4.92 Å². The average molecular weight is 316 g/mol. The molecular weight excluding hydrogens is 307 g/mol. The van der Waals surface area contributed by atoms with Crippen LogP contribution in [0, 0.1) is 26.0 Å². The van der Waals surface area contributed by atoms with E-state index in [2.05, 4.69) is 11.2 Å². The van der Waals surface area contributed by atoms with Crippen LogP contribution >= 0.6 is 22.6 Å². The average Bonchev–Trinajstić information content (AvgIpc) is 2.17. The summed E-state index contributed by atoms with van der Waals surface area (Å²) in [5.74, 6) is 2.52. The lowest BCUT2D eigenvalue weighted by atomic mass is 10.2. The molecule has 1 aromatic rings. The van der Waals surface area contributed by atoms with Crippen molar-refractivity contribution in [2.24, 2.45) is 0 Å². The highest BCUT2D eigenvalue weighted by Crippen LogP contribution is 2.24. The normalized spacial score (nSPS) is 11.5. The first-order valence-electron chi connectivity index (χ1n) is 4.21. The minimum atomic E-state index is -0.407. The fraction of sp³-hybridized carbons (Fsp3) is 0.200. The van der Waals surface area contributed by atoms with Gasteiger partial charge in [-0.2, -0.15) is 0 Å². The van der Waals surface area contributed by atoms with Gasteiger partial charge >= 0.3 is 0 Å². The lowest BCUT2D eigenvalue weighted by Crippen LogP contribution is -2.12. The highest BCUT2D eigenvalue weighted by Gasteiger charge is 2.11. The molecule has 0 amide bonds. The van der Waals surface area contributed by atoms with Gasteiger partial charge in [-0.05, 0) is 41.6 Å². The van der Waals surface area contributed by atoms with Crippen molar-refractivity contribution >= 4 is 34.0 Å². The Labute approximate surface area is 101 Å². The number of rotatable bonds is 3. The van der Waals surface area contributed by atoms with E-state index in [1.165, 1.54) is 6.07 Å². The van der Waals surface area contributed by atoms with Gasteiger partial charge in [0.25, 0.3) is 5.69 Å². The maximum Gasteiger partial charge on any atom is 0.282 e. The largest absolute Gasteiger partial charge is 0.372 e. The Bertz CT molecular complexity index is 426. The molecule has 0 radical (unpaired) electrons. The molecule has 0 spiro atoms. The predicted molar refractivity (Wildman–Crippen MR) is 67.7 cm³/mol. The number of hydrogen-bond acceptors (Lipinski definition) is 3. The van der Waals surface area contributed by atoms with E-state index >= 15 is 0 Å². The predicted octanol–water partition coefficient (Wildman–Crippen LogP) is 2.63. The molecule has 1 N–H and O–H groups in total. The molecule has 0 aliphatic rings. The van der Waals surface area contributed by atoms with Crippen LogP contribution < -0.4 is 5.32 Å². The lowest BCUT2D eigenvalue weighted by molar-refractivity contribution is -0.385. The number of nitrogens with zero attached hydrogens (tertiary/aromatic N) is 1. The Morgan fingerprint density at radius 3 is 2.80 bits per heavy atom. The number of nitro benzene ring substituents is 1. The molecular formula is C10H9IN2O2. The molecule has 1 aromatic carbocycles. The summed E-state index contributed by atoms with van der Waals surface area (Å²) in [6.07, 6.45) is 5.21. The van der Waals surface area contributed by atoms with Crippen LogP contribution in [0.3, 0.4) is 0 Å². The van der Waals surface area contributed by atoms with Crippen molar-refractivity contribution in [3.63, 3.8) is 0 Å². The summed E-state index contributed by atoms with van der Waals surface area (Å²) in [6.45, 7) is 1.84. The van der Waals surface area contributed by atoms with Gasteiger partial charge in [0.2, 0.25) is 0 Å². The second-order valence-electron chi connectivity index (χ2n) is 2.96. The SMILES string of the molecule is C#CC(C)Nc1ccc([N+](=O)[O-])c(I)c1. The molecule has 1 rings (SSSR count). The van der Waals surface area contributed by atoms with Crippen LogP contribution in [-0.2, 0) is 0 Å². The quantitative estimate of drug-likeness (QED) is 0.404. The van der Waals surface area contributed by atoms with Crippen LogP contribution in [0.5, 0.6) is 0 Å². The Morgan fingerprint density at radius 1 is 1.67 bits per heavy atom. The highest BCUT2D eigenvalue weighted by molar-refractivity contribution is 14.1. The van der Waals surface area contributed by atoms with Crippen molar-refractivity contribution in [3.8, 4) is 12.3 Å². The molecule has 0 aromatic heterocycles. The van der Waals surface area contributed by atoms with E-state index in [0.29, 0.717) is 3.57 Å².